The van der Waals surface area contributed by atoms with Gasteiger partial charge in [0.05, 0.1) is 0 Å². The number of hydrogen-bond acceptors (Lipinski definition) is 2. The Hall–Kier alpha value is -1.06. The zero-order chi connectivity index (χ0) is 11.8. The molecule has 0 radical (unpaired) electrons. The molecule has 0 aromatic heterocycles. The molecule has 88 valence electrons. The van der Waals surface area contributed by atoms with E-state index in [2.05, 4.69) is 10.6 Å². The topological polar surface area (TPSA) is 58.2 Å². The lowest BCUT2D eigenvalue weighted by molar-refractivity contribution is -0.124. The Morgan fingerprint density at radius 1 is 1.07 bits per heavy atom. The van der Waals surface area contributed by atoms with Gasteiger partial charge in [-0.2, -0.15) is 0 Å². The van der Waals surface area contributed by atoms with Gasteiger partial charge in [0.1, 0.15) is 0 Å². The van der Waals surface area contributed by atoms with Gasteiger partial charge in [-0.15, -0.1) is 0 Å². The van der Waals surface area contributed by atoms with E-state index in [9.17, 15) is 9.59 Å². The summed E-state index contributed by atoms with van der Waals surface area (Å²) in [5.74, 6) is 0.419. The highest BCUT2D eigenvalue weighted by molar-refractivity contribution is 5.79. The van der Waals surface area contributed by atoms with E-state index in [4.69, 9.17) is 0 Å². The highest BCUT2D eigenvalue weighted by Crippen LogP contribution is 1.91. The molecule has 0 aliphatic heterocycles. The summed E-state index contributed by atoms with van der Waals surface area (Å²) in [5, 5.41) is 5.50. The van der Waals surface area contributed by atoms with E-state index in [1.807, 2.05) is 27.7 Å². The van der Waals surface area contributed by atoms with E-state index in [-0.39, 0.29) is 17.7 Å². The smallest absolute Gasteiger partial charge is 0.222 e. The fourth-order valence-corrected chi connectivity index (χ4v) is 0.910. The molecule has 15 heavy (non-hydrogen) atoms. The third-order valence-corrected chi connectivity index (χ3v) is 1.88. The Morgan fingerprint density at radius 2 is 1.67 bits per heavy atom. The third-order valence-electron chi connectivity index (χ3n) is 1.88. The predicted octanol–water partition coefficient (Wildman–Crippen LogP) is 0.921. The zero-order valence-electron chi connectivity index (χ0n) is 10.1. The lowest BCUT2D eigenvalue weighted by atomic mass is 10.2. The predicted molar refractivity (Wildman–Crippen MR) is 60.3 cm³/mol. The van der Waals surface area contributed by atoms with Gasteiger partial charge in [0.25, 0.3) is 0 Å². The fourth-order valence-electron chi connectivity index (χ4n) is 0.910. The molecule has 0 aliphatic carbocycles. The largest absolute Gasteiger partial charge is 0.356 e. The van der Waals surface area contributed by atoms with Gasteiger partial charge in [0, 0.05) is 25.4 Å². The number of amides is 2. The molecule has 0 heterocycles. The Bertz CT molecular complexity index is 213. The van der Waals surface area contributed by atoms with E-state index in [0.717, 1.165) is 0 Å². The maximum Gasteiger partial charge on any atom is 0.222 e. The number of hydrogen-bond donors (Lipinski definition) is 2. The summed E-state index contributed by atoms with van der Waals surface area (Å²) >= 11 is 0. The minimum absolute atomic E-state index is 0.00671. The molecule has 4 heteroatoms. The number of nitrogens with one attached hydrogen (secondary N) is 2. The molecule has 0 aromatic rings. The standard InChI is InChI=1S/C11H22N2O2/c1-8(2)7-13-10(14)5-6-12-11(15)9(3)4/h8-9H,5-7H2,1-4H3,(H,12,15)(H,13,14). The molecule has 0 rings (SSSR count). The number of carbonyl (C=O) groups excluding carboxylic acids is 2. The van der Waals surface area contributed by atoms with Gasteiger partial charge in [0.2, 0.25) is 11.8 Å². The van der Waals surface area contributed by atoms with E-state index < -0.39 is 0 Å². The van der Waals surface area contributed by atoms with E-state index >= 15 is 0 Å². The van der Waals surface area contributed by atoms with Crippen LogP contribution in [-0.4, -0.2) is 24.9 Å². The summed E-state index contributed by atoms with van der Waals surface area (Å²) in [6.45, 7) is 8.85. The summed E-state index contributed by atoms with van der Waals surface area (Å²) in [4.78, 5) is 22.4. The molecule has 0 saturated carbocycles. The van der Waals surface area contributed by atoms with Crippen LogP contribution in [0.15, 0.2) is 0 Å². The maximum atomic E-state index is 11.2. The Balaban J connectivity index is 3.51. The Morgan fingerprint density at radius 3 is 2.13 bits per heavy atom. The third kappa shape index (κ3) is 7.97. The molecule has 0 unspecified atom stereocenters. The highest BCUT2D eigenvalue weighted by atomic mass is 16.2. The second kappa shape index (κ2) is 7.26. The minimum Gasteiger partial charge on any atom is -0.356 e. The van der Waals surface area contributed by atoms with Gasteiger partial charge in [-0.1, -0.05) is 27.7 Å². The lowest BCUT2D eigenvalue weighted by Gasteiger charge is -2.09. The minimum atomic E-state index is -0.0243. The van der Waals surface area contributed by atoms with Crippen LogP contribution >= 0.6 is 0 Å². The highest BCUT2D eigenvalue weighted by Gasteiger charge is 2.07. The lowest BCUT2D eigenvalue weighted by Crippen LogP contribution is -2.33. The second-order valence-corrected chi connectivity index (χ2v) is 4.39. The Labute approximate surface area is 91.8 Å². The van der Waals surface area contributed by atoms with Gasteiger partial charge in [-0.25, -0.2) is 0 Å². The van der Waals surface area contributed by atoms with Crippen molar-refractivity contribution in [2.75, 3.05) is 13.1 Å². The molecule has 4 nitrogen and oxygen atoms in total. The molecule has 0 aliphatic rings. The quantitative estimate of drug-likeness (QED) is 0.691. The fraction of sp³-hybridized carbons (Fsp3) is 0.818. The maximum absolute atomic E-state index is 11.2. The van der Waals surface area contributed by atoms with Crippen LogP contribution < -0.4 is 10.6 Å². The number of rotatable bonds is 6. The van der Waals surface area contributed by atoms with Crippen molar-refractivity contribution < 1.29 is 9.59 Å². The van der Waals surface area contributed by atoms with Crippen molar-refractivity contribution in [2.24, 2.45) is 11.8 Å². The van der Waals surface area contributed by atoms with Crippen LogP contribution in [-0.2, 0) is 9.59 Å². The van der Waals surface area contributed by atoms with Crippen molar-refractivity contribution in [3.05, 3.63) is 0 Å². The van der Waals surface area contributed by atoms with E-state index in [0.29, 0.717) is 25.4 Å². The second-order valence-electron chi connectivity index (χ2n) is 4.39. The van der Waals surface area contributed by atoms with Crippen molar-refractivity contribution in [1.29, 1.82) is 0 Å². The molecule has 0 fully saturated rings. The van der Waals surface area contributed by atoms with Crippen LogP contribution in [0.2, 0.25) is 0 Å². The Kier molecular flexibility index (Phi) is 6.75. The summed E-state index contributed by atoms with van der Waals surface area (Å²) in [7, 11) is 0. The van der Waals surface area contributed by atoms with E-state index in [1.165, 1.54) is 0 Å². The first-order valence-corrected chi connectivity index (χ1v) is 5.48. The number of carbonyl (C=O) groups is 2. The first-order valence-electron chi connectivity index (χ1n) is 5.48. The first kappa shape index (κ1) is 13.9. The molecule has 0 saturated heterocycles. The van der Waals surface area contributed by atoms with Crippen molar-refractivity contribution in [1.82, 2.24) is 10.6 Å². The summed E-state index contributed by atoms with van der Waals surface area (Å²) < 4.78 is 0. The van der Waals surface area contributed by atoms with Gasteiger partial charge in [-0.05, 0) is 5.92 Å². The molecule has 0 spiro atoms. The molecule has 0 bridgehead atoms. The van der Waals surface area contributed by atoms with Gasteiger partial charge >= 0.3 is 0 Å². The van der Waals surface area contributed by atoms with Crippen LogP contribution in [0.1, 0.15) is 34.1 Å². The summed E-state index contributed by atoms with van der Waals surface area (Å²) in [5.41, 5.74) is 0. The molecule has 0 aromatic carbocycles. The van der Waals surface area contributed by atoms with Gasteiger partial charge in [-0.3, -0.25) is 9.59 Å². The van der Waals surface area contributed by atoms with Gasteiger partial charge < -0.3 is 10.6 Å². The summed E-state index contributed by atoms with van der Waals surface area (Å²) in [6, 6.07) is 0. The molecular weight excluding hydrogens is 192 g/mol. The molecule has 0 atom stereocenters. The van der Waals surface area contributed by atoms with Crippen LogP contribution in [0.4, 0.5) is 0 Å². The van der Waals surface area contributed by atoms with Crippen LogP contribution in [0.5, 0.6) is 0 Å². The van der Waals surface area contributed by atoms with Crippen molar-refractivity contribution in [3.63, 3.8) is 0 Å². The van der Waals surface area contributed by atoms with Crippen molar-refractivity contribution in [3.8, 4) is 0 Å². The van der Waals surface area contributed by atoms with Crippen molar-refractivity contribution in [2.45, 2.75) is 34.1 Å². The van der Waals surface area contributed by atoms with Crippen LogP contribution in [0.25, 0.3) is 0 Å². The SMILES string of the molecule is CC(C)CNC(=O)CCNC(=O)C(C)C. The average molecular weight is 214 g/mol. The normalized spacial score (nSPS) is 10.5. The van der Waals surface area contributed by atoms with Crippen molar-refractivity contribution >= 4 is 11.8 Å². The summed E-state index contributed by atoms with van der Waals surface area (Å²) in [6.07, 6.45) is 0.352. The van der Waals surface area contributed by atoms with Crippen LogP contribution in [0.3, 0.4) is 0 Å². The first-order chi connectivity index (χ1) is 6.93. The monoisotopic (exact) mass is 214 g/mol. The molecule has 2 N–H and O–H groups in total. The van der Waals surface area contributed by atoms with Crippen LogP contribution in [0, 0.1) is 11.8 Å². The van der Waals surface area contributed by atoms with Gasteiger partial charge in [0.15, 0.2) is 0 Å². The average Bonchev–Trinajstić information content (AvgIpc) is 2.14. The van der Waals surface area contributed by atoms with E-state index in [1.54, 1.807) is 0 Å². The molecule has 2 amide bonds. The molecular formula is C11H22N2O2. The zero-order valence-corrected chi connectivity index (χ0v) is 10.1.